The van der Waals surface area contributed by atoms with Crippen molar-refractivity contribution < 1.29 is 9.53 Å². The fraction of sp³-hybridized carbons (Fsp3) is 0.529. The fourth-order valence-electron chi connectivity index (χ4n) is 2.58. The molecule has 0 unspecified atom stereocenters. The Morgan fingerprint density at radius 1 is 1.39 bits per heavy atom. The van der Waals surface area contributed by atoms with Gasteiger partial charge in [-0.05, 0) is 51.8 Å². The fourth-order valence-corrected chi connectivity index (χ4v) is 2.58. The molecule has 0 saturated carbocycles. The van der Waals surface area contributed by atoms with E-state index in [1.54, 1.807) is 11.0 Å². The highest BCUT2D eigenvalue weighted by molar-refractivity contribution is 5.87. The van der Waals surface area contributed by atoms with Crippen LogP contribution in [0.25, 0.3) is 0 Å². The van der Waals surface area contributed by atoms with Crippen molar-refractivity contribution in [3.05, 3.63) is 23.8 Å². The molecule has 6 heteroatoms. The molecule has 126 valence electrons. The largest absolute Gasteiger partial charge is 0.444 e. The zero-order valence-corrected chi connectivity index (χ0v) is 14.1. The maximum Gasteiger partial charge on any atom is 0.410 e. The summed E-state index contributed by atoms with van der Waals surface area (Å²) in [6, 6.07) is 5.73. The van der Waals surface area contributed by atoms with Crippen LogP contribution in [0.5, 0.6) is 0 Å². The summed E-state index contributed by atoms with van der Waals surface area (Å²) in [5.41, 5.74) is 7.71. The highest BCUT2D eigenvalue weighted by Crippen LogP contribution is 2.22. The van der Waals surface area contributed by atoms with Gasteiger partial charge in [0.15, 0.2) is 0 Å². The van der Waals surface area contributed by atoms with Crippen molar-refractivity contribution in [1.82, 2.24) is 4.90 Å². The minimum atomic E-state index is -0.466. The normalized spacial score (nSPS) is 16.0. The van der Waals surface area contributed by atoms with Gasteiger partial charge in [-0.1, -0.05) is 0 Å². The van der Waals surface area contributed by atoms with E-state index in [0.29, 0.717) is 18.8 Å². The number of anilines is 2. The van der Waals surface area contributed by atoms with Gasteiger partial charge >= 0.3 is 6.09 Å². The van der Waals surface area contributed by atoms with Crippen LogP contribution in [0.2, 0.25) is 0 Å². The van der Waals surface area contributed by atoms with Gasteiger partial charge in [-0.15, -0.1) is 0 Å². The van der Waals surface area contributed by atoms with E-state index in [2.05, 4.69) is 5.32 Å². The standard InChI is InChI=1S/C17H26N4O2/c1-17(2,3)23-16(22)21-8-6-14(7-9-21)20-15-10-13(19)5-4-12(15)11-18/h4-5,10-11,14,18,20H,6-9,19H2,1-3H3. The molecule has 1 amide bonds. The molecule has 1 saturated heterocycles. The highest BCUT2D eigenvalue weighted by Gasteiger charge is 2.26. The first-order valence-corrected chi connectivity index (χ1v) is 7.93. The van der Waals surface area contributed by atoms with Crippen LogP contribution in [0.4, 0.5) is 16.2 Å². The van der Waals surface area contributed by atoms with Gasteiger partial charge in [-0.25, -0.2) is 4.79 Å². The van der Waals surface area contributed by atoms with Crippen LogP contribution in [-0.4, -0.2) is 41.9 Å². The molecule has 1 aliphatic heterocycles. The molecule has 0 bridgehead atoms. The number of nitrogens with one attached hydrogen (secondary N) is 2. The predicted molar refractivity (Wildman–Crippen MR) is 93.2 cm³/mol. The third-order valence-corrected chi connectivity index (χ3v) is 3.74. The molecule has 0 radical (unpaired) electrons. The molecule has 1 fully saturated rings. The van der Waals surface area contributed by atoms with E-state index < -0.39 is 5.60 Å². The van der Waals surface area contributed by atoms with Crippen molar-refractivity contribution in [2.24, 2.45) is 0 Å². The van der Waals surface area contributed by atoms with Gasteiger partial charge < -0.3 is 26.1 Å². The minimum Gasteiger partial charge on any atom is -0.444 e. The molecule has 0 aromatic heterocycles. The first-order chi connectivity index (χ1) is 10.8. The summed E-state index contributed by atoms with van der Waals surface area (Å²) in [5, 5.41) is 10.9. The smallest absolute Gasteiger partial charge is 0.410 e. The number of nitrogens with two attached hydrogens (primary N) is 1. The SMILES string of the molecule is CC(C)(C)OC(=O)N1CCC(Nc2cc(N)ccc2C=N)CC1. The summed E-state index contributed by atoms with van der Waals surface area (Å²) in [6.07, 6.45) is 2.74. The van der Waals surface area contributed by atoms with Crippen LogP contribution in [0.15, 0.2) is 18.2 Å². The van der Waals surface area contributed by atoms with Gasteiger partial charge in [-0.2, -0.15) is 0 Å². The van der Waals surface area contributed by atoms with Crippen molar-refractivity contribution in [2.75, 3.05) is 24.1 Å². The zero-order valence-electron chi connectivity index (χ0n) is 14.1. The van der Waals surface area contributed by atoms with Crippen LogP contribution >= 0.6 is 0 Å². The van der Waals surface area contributed by atoms with E-state index in [4.69, 9.17) is 15.9 Å². The van der Waals surface area contributed by atoms with Gasteiger partial charge in [0.2, 0.25) is 0 Å². The third kappa shape index (κ3) is 4.87. The number of carbonyl (C=O) groups is 1. The number of carbonyl (C=O) groups excluding carboxylic acids is 1. The summed E-state index contributed by atoms with van der Waals surface area (Å²) in [4.78, 5) is 13.8. The lowest BCUT2D eigenvalue weighted by atomic mass is 10.0. The maximum atomic E-state index is 12.1. The van der Waals surface area contributed by atoms with Crippen LogP contribution in [0.3, 0.4) is 0 Å². The molecule has 1 aromatic rings. The third-order valence-electron chi connectivity index (χ3n) is 3.74. The Morgan fingerprint density at radius 3 is 2.61 bits per heavy atom. The summed E-state index contributed by atoms with van der Waals surface area (Å²) in [5.74, 6) is 0. The number of nitrogen functional groups attached to an aromatic ring is 1. The molecule has 1 aromatic carbocycles. The first kappa shape index (κ1) is 17.1. The average Bonchev–Trinajstić information content (AvgIpc) is 2.46. The summed E-state index contributed by atoms with van der Waals surface area (Å²) >= 11 is 0. The number of amides is 1. The van der Waals surface area contributed by atoms with Crippen LogP contribution < -0.4 is 11.1 Å². The number of rotatable bonds is 3. The van der Waals surface area contributed by atoms with E-state index in [0.717, 1.165) is 24.1 Å². The first-order valence-electron chi connectivity index (χ1n) is 7.93. The molecule has 0 aliphatic carbocycles. The Labute approximate surface area is 137 Å². The molecule has 0 spiro atoms. The quantitative estimate of drug-likeness (QED) is 0.590. The maximum absolute atomic E-state index is 12.1. The number of benzene rings is 1. The van der Waals surface area contributed by atoms with Crippen molar-refractivity contribution in [2.45, 2.75) is 45.3 Å². The van der Waals surface area contributed by atoms with E-state index in [1.807, 2.05) is 32.9 Å². The zero-order chi connectivity index (χ0) is 17.0. The number of nitrogens with zero attached hydrogens (tertiary/aromatic N) is 1. The van der Waals surface area contributed by atoms with Crippen molar-refractivity contribution in [3.8, 4) is 0 Å². The van der Waals surface area contributed by atoms with Crippen LogP contribution in [0.1, 0.15) is 39.2 Å². The summed E-state index contributed by atoms with van der Waals surface area (Å²) in [7, 11) is 0. The van der Waals surface area contributed by atoms with E-state index in [1.165, 1.54) is 6.21 Å². The number of likely N-dealkylation sites (tertiary alicyclic amines) is 1. The molecule has 6 nitrogen and oxygen atoms in total. The number of hydrogen-bond acceptors (Lipinski definition) is 5. The number of hydrogen-bond donors (Lipinski definition) is 3. The van der Waals surface area contributed by atoms with Crippen molar-refractivity contribution >= 4 is 23.7 Å². The Balaban J connectivity index is 1.91. The second-order valence-electron chi connectivity index (χ2n) is 6.88. The van der Waals surface area contributed by atoms with Crippen LogP contribution in [0, 0.1) is 5.41 Å². The summed E-state index contributed by atoms with van der Waals surface area (Å²) in [6.45, 7) is 6.94. The minimum absolute atomic E-state index is 0.250. The van der Waals surface area contributed by atoms with Gasteiger partial charge in [-0.3, -0.25) is 0 Å². The average molecular weight is 318 g/mol. The van der Waals surface area contributed by atoms with E-state index >= 15 is 0 Å². The Morgan fingerprint density at radius 2 is 2.04 bits per heavy atom. The Kier molecular flexibility index (Phi) is 5.13. The van der Waals surface area contributed by atoms with Crippen molar-refractivity contribution in [1.29, 1.82) is 5.41 Å². The van der Waals surface area contributed by atoms with Gasteiger partial charge in [0.05, 0.1) is 0 Å². The van der Waals surface area contributed by atoms with Crippen LogP contribution in [-0.2, 0) is 4.74 Å². The topological polar surface area (TPSA) is 91.4 Å². The van der Waals surface area contributed by atoms with Crippen molar-refractivity contribution in [3.63, 3.8) is 0 Å². The Bertz CT molecular complexity index is 572. The monoisotopic (exact) mass is 318 g/mol. The molecule has 23 heavy (non-hydrogen) atoms. The Hall–Kier alpha value is -2.24. The van der Waals surface area contributed by atoms with Gasteiger partial charge in [0.25, 0.3) is 0 Å². The molecular weight excluding hydrogens is 292 g/mol. The number of piperidine rings is 1. The molecule has 2 rings (SSSR count). The van der Waals surface area contributed by atoms with E-state index in [9.17, 15) is 4.79 Å². The lowest BCUT2D eigenvalue weighted by molar-refractivity contribution is 0.0210. The number of ether oxygens (including phenoxy) is 1. The van der Waals surface area contributed by atoms with E-state index in [-0.39, 0.29) is 12.1 Å². The van der Waals surface area contributed by atoms with Gasteiger partial charge in [0, 0.05) is 42.3 Å². The highest BCUT2D eigenvalue weighted by atomic mass is 16.6. The lowest BCUT2D eigenvalue weighted by Crippen LogP contribution is -2.44. The molecule has 1 heterocycles. The second kappa shape index (κ2) is 6.89. The molecule has 0 atom stereocenters. The molecule has 1 aliphatic rings. The summed E-state index contributed by atoms with van der Waals surface area (Å²) < 4.78 is 5.40. The predicted octanol–water partition coefficient (Wildman–Crippen LogP) is 3.08. The second-order valence-corrected chi connectivity index (χ2v) is 6.88. The molecular formula is C17H26N4O2. The lowest BCUT2D eigenvalue weighted by Gasteiger charge is -2.34. The van der Waals surface area contributed by atoms with Gasteiger partial charge in [0.1, 0.15) is 5.60 Å². The molecule has 4 N–H and O–H groups in total.